The van der Waals surface area contributed by atoms with Gasteiger partial charge in [0.05, 0.1) is 5.71 Å². The van der Waals surface area contributed by atoms with Crippen LogP contribution in [0.3, 0.4) is 0 Å². The molecule has 0 saturated heterocycles. The van der Waals surface area contributed by atoms with Gasteiger partial charge in [0.25, 0.3) is 5.60 Å². The van der Waals surface area contributed by atoms with E-state index in [1.807, 2.05) is 0 Å². The van der Waals surface area contributed by atoms with Gasteiger partial charge in [-0.3, -0.25) is 4.79 Å². The summed E-state index contributed by atoms with van der Waals surface area (Å²) in [4.78, 5) is 16.9. The Morgan fingerprint density at radius 2 is 1.84 bits per heavy atom. The molecule has 1 aliphatic heterocycles. The molecule has 4 rings (SSSR count). The molecule has 9 heteroatoms. The Kier molecular flexibility index (Phi) is 5.75. The summed E-state index contributed by atoms with van der Waals surface area (Å²) in [7, 11) is 0. The van der Waals surface area contributed by atoms with Crippen LogP contribution in [0.25, 0.3) is 6.08 Å². The van der Waals surface area contributed by atoms with E-state index in [1.54, 1.807) is 30.3 Å². The summed E-state index contributed by atoms with van der Waals surface area (Å²) in [6.07, 6.45) is -0.406. The molecule has 2 aliphatic rings. The first-order valence-electron chi connectivity index (χ1n) is 9.54. The number of benzene rings is 2. The van der Waals surface area contributed by atoms with Gasteiger partial charge in [0.1, 0.15) is 0 Å². The highest BCUT2D eigenvalue weighted by atomic mass is 35.5. The number of allylic oxidation sites excluding steroid dienone is 1. The fraction of sp³-hybridized carbons (Fsp3) is 0.273. The van der Waals surface area contributed by atoms with Crippen LogP contribution in [-0.4, -0.2) is 17.8 Å². The number of halogens is 5. The fourth-order valence-corrected chi connectivity index (χ4v) is 3.83. The topological polar surface area (TPSA) is 50.7 Å². The number of carbonyl (C=O) groups is 1. The summed E-state index contributed by atoms with van der Waals surface area (Å²) in [6.45, 7) is 0. The van der Waals surface area contributed by atoms with Crippen LogP contribution in [0.2, 0.25) is 10.0 Å². The van der Waals surface area contributed by atoms with E-state index in [0.29, 0.717) is 11.3 Å². The summed E-state index contributed by atoms with van der Waals surface area (Å²) in [5.41, 5.74) is -1.44. The van der Waals surface area contributed by atoms with E-state index in [1.165, 1.54) is 24.3 Å². The second-order valence-electron chi connectivity index (χ2n) is 7.56. The van der Waals surface area contributed by atoms with Gasteiger partial charge < -0.3 is 10.2 Å². The summed E-state index contributed by atoms with van der Waals surface area (Å²) >= 11 is 11.8. The minimum atomic E-state index is -4.74. The molecular weight excluding hydrogens is 452 g/mol. The SMILES string of the molecule is O=C(Nc1cccc(/C=C\C2=NOC(c3cc(Cl)cc(Cl)c3)(C(F)(F)F)C2)c1)C1CC1. The Hall–Kier alpha value is -2.51. The third-order valence-corrected chi connectivity index (χ3v) is 5.54. The van der Waals surface area contributed by atoms with Crippen LogP contribution in [0.5, 0.6) is 0 Å². The largest absolute Gasteiger partial charge is 0.435 e. The highest BCUT2D eigenvalue weighted by Crippen LogP contribution is 2.49. The van der Waals surface area contributed by atoms with Crippen molar-refractivity contribution in [3.8, 4) is 0 Å². The van der Waals surface area contributed by atoms with Crippen LogP contribution in [0.15, 0.2) is 53.7 Å². The Morgan fingerprint density at radius 1 is 1.13 bits per heavy atom. The van der Waals surface area contributed by atoms with E-state index in [4.69, 9.17) is 28.0 Å². The summed E-state index contributed by atoms with van der Waals surface area (Å²) in [5.74, 6) is 0.0458. The van der Waals surface area contributed by atoms with E-state index in [9.17, 15) is 18.0 Å². The number of nitrogens with zero attached hydrogens (tertiary/aromatic N) is 1. The normalized spacial score (nSPS) is 21.1. The van der Waals surface area contributed by atoms with Gasteiger partial charge in [-0.1, -0.05) is 46.6 Å². The smallest absolute Gasteiger partial charge is 0.374 e. The first kappa shape index (κ1) is 21.7. The van der Waals surface area contributed by atoms with Crippen molar-refractivity contribution in [3.05, 3.63) is 69.7 Å². The lowest BCUT2D eigenvalue weighted by atomic mass is 9.88. The Labute approximate surface area is 186 Å². The van der Waals surface area contributed by atoms with Crippen molar-refractivity contribution in [2.24, 2.45) is 11.1 Å². The third kappa shape index (κ3) is 4.72. The molecule has 4 nitrogen and oxygen atoms in total. The van der Waals surface area contributed by atoms with Crippen molar-refractivity contribution in [2.75, 3.05) is 5.32 Å². The number of hydrogen-bond donors (Lipinski definition) is 1. The molecule has 2 aromatic carbocycles. The number of hydrogen-bond acceptors (Lipinski definition) is 3. The molecular formula is C22H17Cl2F3N2O2. The molecule has 31 heavy (non-hydrogen) atoms. The van der Waals surface area contributed by atoms with E-state index >= 15 is 0 Å². The van der Waals surface area contributed by atoms with Crippen molar-refractivity contribution in [1.82, 2.24) is 0 Å². The van der Waals surface area contributed by atoms with Gasteiger partial charge in [0, 0.05) is 33.6 Å². The molecule has 1 N–H and O–H groups in total. The number of alkyl halides is 3. The number of oxime groups is 1. The number of anilines is 1. The average molecular weight is 469 g/mol. The lowest BCUT2D eigenvalue weighted by molar-refractivity contribution is -0.275. The molecule has 1 unspecified atom stereocenters. The maximum Gasteiger partial charge on any atom is 0.435 e. The van der Waals surface area contributed by atoms with Gasteiger partial charge in [-0.05, 0) is 54.8 Å². The maximum absolute atomic E-state index is 14.0. The molecule has 0 spiro atoms. The molecule has 1 saturated carbocycles. The fourth-order valence-electron chi connectivity index (χ4n) is 3.31. The van der Waals surface area contributed by atoms with Crippen molar-refractivity contribution in [3.63, 3.8) is 0 Å². The van der Waals surface area contributed by atoms with Crippen molar-refractivity contribution < 1.29 is 22.8 Å². The van der Waals surface area contributed by atoms with Crippen LogP contribution in [0.4, 0.5) is 18.9 Å². The number of nitrogens with one attached hydrogen (secondary N) is 1. The molecule has 0 radical (unpaired) electrons. The van der Waals surface area contributed by atoms with E-state index < -0.39 is 18.2 Å². The molecule has 0 aromatic heterocycles. The highest BCUT2D eigenvalue weighted by molar-refractivity contribution is 6.34. The van der Waals surface area contributed by atoms with Crippen LogP contribution >= 0.6 is 23.2 Å². The van der Waals surface area contributed by atoms with Gasteiger partial charge in [-0.2, -0.15) is 13.2 Å². The molecule has 1 aliphatic carbocycles. The first-order valence-corrected chi connectivity index (χ1v) is 10.3. The zero-order valence-corrected chi connectivity index (χ0v) is 17.6. The van der Waals surface area contributed by atoms with Gasteiger partial charge in [-0.15, -0.1) is 0 Å². The van der Waals surface area contributed by atoms with E-state index in [2.05, 4.69) is 10.5 Å². The summed E-state index contributed by atoms with van der Waals surface area (Å²) in [6, 6.07) is 10.7. The van der Waals surface area contributed by atoms with Crippen LogP contribution in [0.1, 0.15) is 30.4 Å². The van der Waals surface area contributed by atoms with Crippen molar-refractivity contribution in [2.45, 2.75) is 31.0 Å². The number of carbonyl (C=O) groups excluding carboxylic acids is 1. The minimum Gasteiger partial charge on any atom is -0.374 e. The average Bonchev–Trinajstić information content (AvgIpc) is 3.44. The standard InChI is InChI=1S/C22H17Cl2F3N2O2/c23-16-9-15(10-17(24)11-16)21(22(25,26)27)12-19(29-31-21)7-4-13-2-1-3-18(8-13)28-20(30)14-5-6-14/h1-4,7-11,14H,5-6,12H2,(H,28,30)/b7-4-. The van der Waals surface area contributed by atoms with Crippen LogP contribution in [0, 0.1) is 5.92 Å². The molecule has 1 heterocycles. The van der Waals surface area contributed by atoms with E-state index in [-0.39, 0.29) is 33.1 Å². The van der Waals surface area contributed by atoms with Gasteiger partial charge in [0.2, 0.25) is 5.91 Å². The van der Waals surface area contributed by atoms with Crippen molar-refractivity contribution >= 4 is 46.6 Å². The summed E-state index contributed by atoms with van der Waals surface area (Å²) < 4.78 is 42.0. The Morgan fingerprint density at radius 3 is 2.48 bits per heavy atom. The molecule has 1 fully saturated rings. The van der Waals surface area contributed by atoms with E-state index in [0.717, 1.165) is 12.8 Å². The van der Waals surface area contributed by atoms with Crippen LogP contribution in [-0.2, 0) is 15.2 Å². The Balaban J connectivity index is 1.53. The van der Waals surface area contributed by atoms with Gasteiger partial charge in [0.15, 0.2) is 0 Å². The molecule has 1 atom stereocenters. The quantitative estimate of drug-likeness (QED) is 0.537. The zero-order valence-electron chi connectivity index (χ0n) is 16.0. The minimum absolute atomic E-state index is 0.0233. The highest BCUT2D eigenvalue weighted by Gasteiger charge is 2.62. The van der Waals surface area contributed by atoms with Gasteiger partial charge in [-0.25, -0.2) is 0 Å². The zero-order chi connectivity index (χ0) is 22.2. The van der Waals surface area contributed by atoms with Crippen LogP contribution < -0.4 is 5.32 Å². The second-order valence-corrected chi connectivity index (χ2v) is 8.43. The molecule has 1 amide bonds. The second kappa shape index (κ2) is 8.20. The van der Waals surface area contributed by atoms with Crippen molar-refractivity contribution in [1.29, 1.82) is 0 Å². The molecule has 162 valence electrons. The maximum atomic E-state index is 14.0. The third-order valence-electron chi connectivity index (χ3n) is 5.11. The number of rotatable bonds is 5. The predicted molar refractivity (Wildman–Crippen MR) is 114 cm³/mol. The predicted octanol–water partition coefficient (Wildman–Crippen LogP) is 6.59. The monoisotopic (exact) mass is 468 g/mol. The lowest BCUT2D eigenvalue weighted by Gasteiger charge is -2.29. The Bertz CT molecular complexity index is 1060. The number of amides is 1. The first-order chi connectivity index (χ1) is 14.7. The molecule has 0 bridgehead atoms. The van der Waals surface area contributed by atoms with Gasteiger partial charge >= 0.3 is 6.18 Å². The summed E-state index contributed by atoms with van der Waals surface area (Å²) in [5, 5.41) is 6.64. The molecule has 2 aromatic rings. The lowest BCUT2D eigenvalue weighted by Crippen LogP contribution is -2.42.